The van der Waals surface area contributed by atoms with Crippen molar-refractivity contribution in [1.82, 2.24) is 9.62 Å². The van der Waals surface area contributed by atoms with Gasteiger partial charge in [0, 0.05) is 6.04 Å². The van der Waals surface area contributed by atoms with Gasteiger partial charge in [-0.3, -0.25) is 0 Å². The van der Waals surface area contributed by atoms with Crippen molar-refractivity contribution < 1.29 is 8.42 Å². The number of sulfonamides is 1. The molecule has 0 rings (SSSR count). The van der Waals surface area contributed by atoms with E-state index in [1.165, 1.54) is 0 Å². The van der Waals surface area contributed by atoms with Crippen LogP contribution in [0.4, 0.5) is 0 Å². The van der Waals surface area contributed by atoms with Crippen LogP contribution in [0, 0.1) is 0 Å². The summed E-state index contributed by atoms with van der Waals surface area (Å²) in [6, 6.07) is -0.0107. The Morgan fingerprint density at radius 2 is 1.73 bits per heavy atom. The van der Waals surface area contributed by atoms with Crippen LogP contribution in [0.25, 0.3) is 0 Å². The number of nitrogens with zero attached hydrogens (tertiary/aromatic N) is 1. The first kappa shape index (κ1) is 14.9. The predicted octanol–water partition coefficient (Wildman–Crippen LogP) is 1.05. The molecule has 0 spiro atoms. The van der Waals surface area contributed by atoms with Crippen LogP contribution in [-0.4, -0.2) is 44.7 Å². The lowest BCUT2D eigenvalue weighted by atomic mass is 10.4. The monoisotopic (exact) mass is 236 g/mol. The van der Waals surface area contributed by atoms with Crippen LogP contribution in [0.3, 0.4) is 0 Å². The molecule has 0 aliphatic rings. The summed E-state index contributed by atoms with van der Waals surface area (Å²) >= 11 is 0. The quantitative estimate of drug-likeness (QED) is 0.685. The highest BCUT2D eigenvalue weighted by Crippen LogP contribution is 1.96. The molecule has 5 heteroatoms. The lowest BCUT2D eigenvalue weighted by Crippen LogP contribution is -2.34. The zero-order valence-electron chi connectivity index (χ0n) is 10.3. The van der Waals surface area contributed by atoms with Crippen LogP contribution in [0.15, 0.2) is 0 Å². The summed E-state index contributed by atoms with van der Waals surface area (Å²) in [7, 11) is -3.07. The smallest absolute Gasteiger partial charge is 0.211 e. The van der Waals surface area contributed by atoms with Crippen LogP contribution in [0.2, 0.25) is 0 Å². The normalized spacial score (nSPS) is 12.7. The van der Waals surface area contributed by atoms with Gasteiger partial charge in [-0.2, -0.15) is 0 Å². The summed E-state index contributed by atoms with van der Waals surface area (Å²) in [5, 5.41) is 0. The molecule has 0 saturated carbocycles. The summed E-state index contributed by atoms with van der Waals surface area (Å²) in [5.74, 6) is 0.224. The largest absolute Gasteiger partial charge is 0.304 e. The molecule has 0 saturated heterocycles. The standard InChI is InChI=1S/C10H24N2O2S/c1-5-12(6-2)8-7-9-15(13,14)11-10(3)4/h10-11H,5-9H2,1-4H3. The third-order valence-electron chi connectivity index (χ3n) is 2.20. The van der Waals surface area contributed by atoms with E-state index in [4.69, 9.17) is 0 Å². The maximum absolute atomic E-state index is 11.5. The molecular weight excluding hydrogens is 212 g/mol. The van der Waals surface area contributed by atoms with Gasteiger partial charge in [0.15, 0.2) is 0 Å². The SMILES string of the molecule is CCN(CC)CCCS(=O)(=O)NC(C)C. The summed E-state index contributed by atoms with van der Waals surface area (Å²) < 4.78 is 25.5. The average molecular weight is 236 g/mol. The van der Waals surface area contributed by atoms with E-state index in [9.17, 15) is 8.42 Å². The van der Waals surface area contributed by atoms with Gasteiger partial charge in [-0.1, -0.05) is 13.8 Å². The second kappa shape index (κ2) is 7.19. The minimum Gasteiger partial charge on any atom is -0.304 e. The number of nitrogens with one attached hydrogen (secondary N) is 1. The highest BCUT2D eigenvalue weighted by Gasteiger charge is 2.11. The molecule has 0 unspecified atom stereocenters. The van der Waals surface area contributed by atoms with E-state index in [1.807, 2.05) is 13.8 Å². The molecular formula is C10H24N2O2S. The van der Waals surface area contributed by atoms with Crippen LogP contribution in [0.5, 0.6) is 0 Å². The molecule has 0 radical (unpaired) electrons. The van der Waals surface area contributed by atoms with Crippen molar-refractivity contribution in [1.29, 1.82) is 0 Å². The van der Waals surface area contributed by atoms with Gasteiger partial charge in [0.1, 0.15) is 0 Å². The molecule has 0 atom stereocenters. The summed E-state index contributed by atoms with van der Waals surface area (Å²) in [6.45, 7) is 10.7. The number of hydrogen-bond donors (Lipinski definition) is 1. The number of hydrogen-bond acceptors (Lipinski definition) is 3. The molecule has 0 fully saturated rings. The minimum absolute atomic E-state index is 0.0107. The Morgan fingerprint density at radius 3 is 2.13 bits per heavy atom. The zero-order chi connectivity index (χ0) is 11.9. The molecule has 0 heterocycles. The van der Waals surface area contributed by atoms with E-state index < -0.39 is 10.0 Å². The Labute approximate surface area is 94.1 Å². The summed E-state index contributed by atoms with van der Waals surface area (Å²) in [5.41, 5.74) is 0. The van der Waals surface area contributed by atoms with Crippen molar-refractivity contribution in [2.24, 2.45) is 0 Å². The molecule has 0 aliphatic heterocycles. The topological polar surface area (TPSA) is 49.4 Å². The molecule has 0 aromatic rings. The molecule has 0 bridgehead atoms. The van der Waals surface area contributed by atoms with Crippen LogP contribution < -0.4 is 4.72 Å². The van der Waals surface area contributed by atoms with Crippen LogP contribution in [0.1, 0.15) is 34.1 Å². The Morgan fingerprint density at radius 1 is 1.20 bits per heavy atom. The fraction of sp³-hybridized carbons (Fsp3) is 1.00. The zero-order valence-corrected chi connectivity index (χ0v) is 11.1. The van der Waals surface area contributed by atoms with Crippen molar-refractivity contribution in [2.45, 2.75) is 40.2 Å². The van der Waals surface area contributed by atoms with Gasteiger partial charge >= 0.3 is 0 Å². The van der Waals surface area contributed by atoms with Crippen molar-refractivity contribution in [3.63, 3.8) is 0 Å². The molecule has 0 aliphatic carbocycles. The van der Waals surface area contributed by atoms with Gasteiger partial charge in [0.2, 0.25) is 10.0 Å². The Hall–Kier alpha value is -0.130. The molecule has 1 N–H and O–H groups in total. The van der Waals surface area contributed by atoms with Crippen molar-refractivity contribution in [3.05, 3.63) is 0 Å². The van der Waals surface area contributed by atoms with Crippen molar-refractivity contribution >= 4 is 10.0 Å². The van der Waals surface area contributed by atoms with E-state index in [0.29, 0.717) is 6.42 Å². The minimum atomic E-state index is -3.07. The Bertz CT molecular complexity index is 246. The second-order valence-electron chi connectivity index (χ2n) is 3.97. The van der Waals surface area contributed by atoms with Crippen molar-refractivity contribution in [2.75, 3.05) is 25.4 Å². The molecule has 4 nitrogen and oxygen atoms in total. The lowest BCUT2D eigenvalue weighted by molar-refractivity contribution is 0.305. The molecule has 92 valence electrons. The fourth-order valence-electron chi connectivity index (χ4n) is 1.44. The first-order valence-corrected chi connectivity index (χ1v) is 7.28. The lowest BCUT2D eigenvalue weighted by Gasteiger charge is -2.17. The fourth-order valence-corrected chi connectivity index (χ4v) is 2.78. The molecule has 0 aromatic carbocycles. The van der Waals surface area contributed by atoms with E-state index in [0.717, 1.165) is 19.6 Å². The molecule has 0 amide bonds. The Balaban J connectivity index is 3.84. The summed E-state index contributed by atoms with van der Waals surface area (Å²) in [6.07, 6.45) is 0.698. The van der Waals surface area contributed by atoms with Gasteiger partial charge in [-0.05, 0) is 39.9 Å². The van der Waals surface area contributed by atoms with Gasteiger partial charge in [-0.25, -0.2) is 13.1 Å². The first-order valence-electron chi connectivity index (χ1n) is 5.63. The van der Waals surface area contributed by atoms with E-state index >= 15 is 0 Å². The average Bonchev–Trinajstić information content (AvgIpc) is 2.10. The van der Waals surface area contributed by atoms with Crippen LogP contribution >= 0.6 is 0 Å². The highest BCUT2D eigenvalue weighted by atomic mass is 32.2. The predicted molar refractivity (Wildman–Crippen MR) is 64.5 cm³/mol. The van der Waals surface area contributed by atoms with Gasteiger partial charge in [0.05, 0.1) is 5.75 Å². The van der Waals surface area contributed by atoms with Crippen LogP contribution in [-0.2, 0) is 10.0 Å². The Kier molecular flexibility index (Phi) is 7.13. The van der Waals surface area contributed by atoms with E-state index in [-0.39, 0.29) is 11.8 Å². The summed E-state index contributed by atoms with van der Waals surface area (Å²) in [4.78, 5) is 2.23. The molecule has 15 heavy (non-hydrogen) atoms. The maximum Gasteiger partial charge on any atom is 0.211 e. The van der Waals surface area contributed by atoms with Gasteiger partial charge in [0.25, 0.3) is 0 Å². The molecule has 0 aromatic heterocycles. The van der Waals surface area contributed by atoms with Gasteiger partial charge < -0.3 is 4.90 Å². The third-order valence-corrected chi connectivity index (χ3v) is 3.85. The second-order valence-corrected chi connectivity index (χ2v) is 5.85. The first-order chi connectivity index (χ1) is 6.91. The number of rotatable bonds is 8. The highest BCUT2D eigenvalue weighted by molar-refractivity contribution is 7.89. The maximum atomic E-state index is 11.5. The van der Waals surface area contributed by atoms with Gasteiger partial charge in [-0.15, -0.1) is 0 Å². The van der Waals surface area contributed by atoms with Crippen molar-refractivity contribution in [3.8, 4) is 0 Å². The third kappa shape index (κ3) is 7.76. The van der Waals surface area contributed by atoms with E-state index in [1.54, 1.807) is 0 Å². The van der Waals surface area contributed by atoms with E-state index in [2.05, 4.69) is 23.5 Å².